The van der Waals surface area contributed by atoms with Crippen molar-refractivity contribution >= 4 is 44.8 Å². The second-order valence-electron chi connectivity index (χ2n) is 4.74. The molecule has 0 unspecified atom stereocenters. The molecule has 0 saturated carbocycles. The van der Waals surface area contributed by atoms with Crippen LogP contribution in [0.2, 0.25) is 4.34 Å². The maximum absolute atomic E-state index is 11.8. The molecule has 96 valence electrons. The summed E-state index contributed by atoms with van der Waals surface area (Å²) >= 11 is 10.5. The van der Waals surface area contributed by atoms with Gasteiger partial charge in [0.2, 0.25) is 0 Å². The average molecular weight is 339 g/mol. The fourth-order valence-electron chi connectivity index (χ4n) is 1.48. The first-order valence-electron chi connectivity index (χ1n) is 5.54. The van der Waals surface area contributed by atoms with Crippen molar-refractivity contribution in [1.29, 1.82) is 0 Å². The van der Waals surface area contributed by atoms with Crippen molar-refractivity contribution in [2.75, 3.05) is 11.9 Å². The van der Waals surface area contributed by atoms with E-state index < -0.39 is 0 Å². The molecule has 1 rings (SSSR count). The first-order valence-corrected chi connectivity index (χ1v) is 7.86. The molecule has 0 aliphatic carbocycles. The van der Waals surface area contributed by atoms with Gasteiger partial charge in [-0.2, -0.15) is 0 Å². The Labute approximate surface area is 120 Å². The highest BCUT2D eigenvalue weighted by Crippen LogP contribution is 2.23. The summed E-state index contributed by atoms with van der Waals surface area (Å²) in [6.07, 6.45) is 2.21. The molecule has 0 aliphatic rings. The Bertz CT molecular complexity index is 378. The predicted molar refractivity (Wildman–Crippen MR) is 78.5 cm³/mol. The molecule has 0 fully saturated rings. The van der Waals surface area contributed by atoms with Gasteiger partial charge in [0.05, 0.1) is 9.21 Å². The van der Waals surface area contributed by atoms with Gasteiger partial charge in [-0.15, -0.1) is 11.3 Å². The van der Waals surface area contributed by atoms with Crippen molar-refractivity contribution in [3.63, 3.8) is 0 Å². The number of carbonyl (C=O) groups excluding carboxylic acids is 1. The molecule has 1 aromatic rings. The van der Waals surface area contributed by atoms with Gasteiger partial charge in [-0.25, -0.2) is 0 Å². The van der Waals surface area contributed by atoms with Crippen LogP contribution in [-0.4, -0.2) is 17.8 Å². The predicted octanol–water partition coefficient (Wildman–Crippen LogP) is 4.33. The van der Waals surface area contributed by atoms with Crippen LogP contribution < -0.4 is 5.32 Å². The average Bonchev–Trinajstić information content (AvgIpc) is 2.70. The second-order valence-corrected chi connectivity index (χ2v) is 7.25. The van der Waals surface area contributed by atoms with Crippen molar-refractivity contribution in [2.45, 2.75) is 26.7 Å². The Morgan fingerprint density at radius 3 is 2.76 bits per heavy atom. The quantitative estimate of drug-likeness (QED) is 0.768. The molecule has 5 heteroatoms. The maximum Gasteiger partial charge on any atom is 0.261 e. The zero-order valence-electron chi connectivity index (χ0n) is 10.1. The molecule has 17 heavy (non-hydrogen) atoms. The van der Waals surface area contributed by atoms with Gasteiger partial charge in [-0.05, 0) is 30.4 Å². The number of thiophene rings is 1. The molecule has 0 saturated heterocycles. The summed E-state index contributed by atoms with van der Waals surface area (Å²) in [4.78, 5) is 12.5. The van der Waals surface area contributed by atoms with Crippen LogP contribution in [0.4, 0.5) is 0 Å². The van der Waals surface area contributed by atoms with E-state index in [1.165, 1.54) is 11.3 Å². The molecule has 2 nitrogen and oxygen atoms in total. The van der Waals surface area contributed by atoms with E-state index in [1.807, 2.05) is 0 Å². The fourth-order valence-corrected chi connectivity index (χ4v) is 2.72. The summed E-state index contributed by atoms with van der Waals surface area (Å²) in [6, 6.07) is 3.50. The number of halogens is 2. The van der Waals surface area contributed by atoms with E-state index in [2.05, 4.69) is 35.1 Å². The molecule has 0 atom stereocenters. The lowest BCUT2D eigenvalue weighted by Crippen LogP contribution is -2.33. The van der Waals surface area contributed by atoms with Crippen molar-refractivity contribution in [3.8, 4) is 0 Å². The van der Waals surface area contributed by atoms with E-state index in [-0.39, 0.29) is 11.3 Å². The van der Waals surface area contributed by atoms with Gasteiger partial charge in [-0.3, -0.25) is 4.79 Å². The van der Waals surface area contributed by atoms with Crippen molar-refractivity contribution in [1.82, 2.24) is 5.32 Å². The summed E-state index contributed by atoms with van der Waals surface area (Å²) in [5.74, 6) is -0.0335. The minimum atomic E-state index is -0.0335. The topological polar surface area (TPSA) is 29.1 Å². The minimum absolute atomic E-state index is 0.0335. The Kier molecular flexibility index (Phi) is 5.97. The zero-order chi connectivity index (χ0) is 12.9. The summed E-state index contributed by atoms with van der Waals surface area (Å²) in [5, 5.41) is 3.96. The molecule has 1 amide bonds. The highest BCUT2D eigenvalue weighted by Gasteiger charge is 2.19. The van der Waals surface area contributed by atoms with Gasteiger partial charge in [0.15, 0.2) is 0 Å². The van der Waals surface area contributed by atoms with E-state index in [0.717, 1.165) is 18.2 Å². The third-order valence-electron chi connectivity index (χ3n) is 2.51. The highest BCUT2D eigenvalue weighted by molar-refractivity contribution is 9.09. The number of amides is 1. The molecule has 0 aliphatic heterocycles. The molecule has 1 N–H and O–H groups in total. The Morgan fingerprint density at radius 2 is 2.24 bits per heavy atom. The van der Waals surface area contributed by atoms with Gasteiger partial charge < -0.3 is 5.32 Å². The monoisotopic (exact) mass is 337 g/mol. The summed E-state index contributed by atoms with van der Waals surface area (Å²) in [5.41, 5.74) is 0.129. The van der Waals surface area contributed by atoms with Crippen molar-refractivity contribution < 1.29 is 4.79 Å². The van der Waals surface area contributed by atoms with Crippen molar-refractivity contribution in [2.24, 2.45) is 5.41 Å². The first-order chi connectivity index (χ1) is 7.94. The lowest BCUT2D eigenvalue weighted by atomic mass is 9.88. The molecule has 0 bridgehead atoms. The molecule has 1 aromatic heterocycles. The lowest BCUT2D eigenvalue weighted by Gasteiger charge is -2.24. The maximum atomic E-state index is 11.8. The van der Waals surface area contributed by atoms with Gasteiger partial charge >= 0.3 is 0 Å². The number of nitrogens with one attached hydrogen (secondary N) is 1. The number of carbonyl (C=O) groups is 1. The molecular weight excluding hydrogens is 322 g/mol. The van der Waals surface area contributed by atoms with E-state index in [4.69, 9.17) is 11.6 Å². The largest absolute Gasteiger partial charge is 0.351 e. The summed E-state index contributed by atoms with van der Waals surface area (Å²) < 4.78 is 0.647. The van der Waals surface area contributed by atoms with Crippen LogP contribution in [0.5, 0.6) is 0 Å². The number of hydrogen-bond acceptors (Lipinski definition) is 2. The van der Waals surface area contributed by atoms with E-state index in [1.54, 1.807) is 12.1 Å². The van der Waals surface area contributed by atoms with Crippen LogP contribution in [0.1, 0.15) is 36.4 Å². The lowest BCUT2D eigenvalue weighted by molar-refractivity contribution is 0.0938. The Morgan fingerprint density at radius 1 is 1.53 bits per heavy atom. The summed E-state index contributed by atoms with van der Waals surface area (Å²) in [7, 11) is 0. The second kappa shape index (κ2) is 6.76. The van der Waals surface area contributed by atoms with Gasteiger partial charge in [0, 0.05) is 11.9 Å². The SMILES string of the molecule is CC(C)(CCCBr)CNC(=O)c1ccc(Cl)s1. The van der Waals surface area contributed by atoms with E-state index in [9.17, 15) is 4.79 Å². The molecule has 0 aromatic carbocycles. The number of alkyl halides is 1. The summed E-state index contributed by atoms with van der Waals surface area (Å²) in [6.45, 7) is 5.02. The van der Waals surface area contributed by atoms with Crippen LogP contribution in [-0.2, 0) is 0 Å². The van der Waals surface area contributed by atoms with Crippen molar-refractivity contribution in [3.05, 3.63) is 21.3 Å². The standard InChI is InChI=1S/C12H17BrClNOS/c1-12(2,6-3-7-13)8-15-11(16)9-4-5-10(14)17-9/h4-5H,3,6-8H2,1-2H3,(H,15,16). The zero-order valence-corrected chi connectivity index (χ0v) is 13.2. The van der Waals surface area contributed by atoms with Gasteiger partial charge in [-0.1, -0.05) is 41.4 Å². The Balaban J connectivity index is 2.42. The molecule has 0 radical (unpaired) electrons. The molecular formula is C12H17BrClNOS. The molecule has 0 spiro atoms. The Hall–Kier alpha value is -0.0600. The van der Waals surface area contributed by atoms with Crippen LogP contribution in [0.15, 0.2) is 12.1 Å². The van der Waals surface area contributed by atoms with Crippen LogP contribution in [0.25, 0.3) is 0 Å². The first kappa shape index (κ1) is 15.0. The normalized spacial score (nSPS) is 11.5. The molecule has 1 heterocycles. The van der Waals surface area contributed by atoms with Crippen LogP contribution in [0.3, 0.4) is 0 Å². The van der Waals surface area contributed by atoms with Gasteiger partial charge in [0.1, 0.15) is 0 Å². The van der Waals surface area contributed by atoms with Gasteiger partial charge in [0.25, 0.3) is 5.91 Å². The number of rotatable bonds is 6. The van der Waals surface area contributed by atoms with E-state index in [0.29, 0.717) is 15.8 Å². The van der Waals surface area contributed by atoms with E-state index >= 15 is 0 Å². The van der Waals surface area contributed by atoms with Crippen LogP contribution in [0, 0.1) is 5.41 Å². The fraction of sp³-hybridized carbons (Fsp3) is 0.583. The highest BCUT2D eigenvalue weighted by atomic mass is 79.9. The van der Waals surface area contributed by atoms with Crippen LogP contribution >= 0.6 is 38.9 Å². The third kappa shape index (κ3) is 5.40. The smallest absolute Gasteiger partial charge is 0.261 e. The minimum Gasteiger partial charge on any atom is -0.351 e. The number of hydrogen-bond donors (Lipinski definition) is 1. The third-order valence-corrected chi connectivity index (χ3v) is 4.30.